The van der Waals surface area contributed by atoms with Crippen LogP contribution >= 0.6 is 0 Å². The number of imidazole rings is 1. The highest BCUT2D eigenvalue weighted by Crippen LogP contribution is 2.17. The predicted octanol–water partition coefficient (Wildman–Crippen LogP) is 1.98. The summed E-state index contributed by atoms with van der Waals surface area (Å²) >= 11 is 0. The topological polar surface area (TPSA) is 72.7 Å². The van der Waals surface area contributed by atoms with Crippen LogP contribution in [0.2, 0.25) is 0 Å². The minimum absolute atomic E-state index is 0.0581. The van der Waals surface area contributed by atoms with E-state index in [2.05, 4.69) is 34.1 Å². The molecule has 0 aliphatic rings. The molecular weight excluding hydrogens is 266 g/mol. The fourth-order valence-electron chi connectivity index (χ4n) is 2.06. The van der Waals surface area contributed by atoms with Gasteiger partial charge in [0.25, 0.3) is 0 Å². The number of aromatic nitrogens is 4. The Bertz CT molecular complexity index is 603. The van der Waals surface area contributed by atoms with Gasteiger partial charge in [0.05, 0.1) is 24.1 Å². The molecule has 2 aromatic heterocycles. The maximum Gasteiger partial charge on any atom is 0.243 e. The molecule has 0 aliphatic carbocycles. The van der Waals surface area contributed by atoms with Crippen LogP contribution in [0.4, 0.5) is 0 Å². The molecule has 21 heavy (non-hydrogen) atoms. The van der Waals surface area contributed by atoms with Crippen LogP contribution < -0.4 is 5.32 Å². The van der Waals surface area contributed by atoms with Gasteiger partial charge in [-0.1, -0.05) is 13.8 Å². The summed E-state index contributed by atoms with van der Waals surface area (Å²) in [6, 6.07) is -0.302. The summed E-state index contributed by atoms with van der Waals surface area (Å²) < 4.78 is 1.90. The fraction of sp³-hybridized carbons (Fsp3) is 0.467. The van der Waals surface area contributed by atoms with Gasteiger partial charge < -0.3 is 9.88 Å². The number of nitrogens with one attached hydrogen (secondary N) is 1. The Balaban J connectivity index is 1.99. The molecule has 0 radical (unpaired) electrons. The lowest BCUT2D eigenvalue weighted by atomic mass is 10.2. The molecule has 1 atom stereocenters. The summed E-state index contributed by atoms with van der Waals surface area (Å²) in [7, 11) is 0. The smallest absolute Gasteiger partial charge is 0.243 e. The van der Waals surface area contributed by atoms with Crippen molar-refractivity contribution < 1.29 is 4.79 Å². The largest absolute Gasteiger partial charge is 0.349 e. The van der Waals surface area contributed by atoms with Crippen molar-refractivity contribution in [3.63, 3.8) is 0 Å². The molecule has 0 bridgehead atoms. The summed E-state index contributed by atoms with van der Waals surface area (Å²) in [6.45, 7) is 8.24. The molecule has 0 unspecified atom stereocenters. The average molecular weight is 287 g/mol. The molecule has 0 saturated carbocycles. The molecule has 2 rings (SSSR count). The van der Waals surface area contributed by atoms with Crippen LogP contribution in [0.15, 0.2) is 24.8 Å². The minimum atomic E-state index is -0.302. The monoisotopic (exact) mass is 287 g/mol. The normalized spacial score (nSPS) is 12.4. The van der Waals surface area contributed by atoms with E-state index in [-0.39, 0.29) is 17.9 Å². The first-order chi connectivity index (χ1) is 9.99. The van der Waals surface area contributed by atoms with Crippen molar-refractivity contribution in [2.24, 2.45) is 0 Å². The van der Waals surface area contributed by atoms with Crippen LogP contribution in [0.25, 0.3) is 0 Å². The highest BCUT2D eigenvalue weighted by molar-refractivity contribution is 5.79. The fourth-order valence-corrected chi connectivity index (χ4v) is 2.06. The van der Waals surface area contributed by atoms with Gasteiger partial charge in [-0.2, -0.15) is 0 Å². The second-order valence-electron chi connectivity index (χ2n) is 5.39. The van der Waals surface area contributed by atoms with Gasteiger partial charge >= 0.3 is 0 Å². The first-order valence-electron chi connectivity index (χ1n) is 7.07. The molecule has 0 spiro atoms. The van der Waals surface area contributed by atoms with Crippen LogP contribution in [0.3, 0.4) is 0 Å². The van der Waals surface area contributed by atoms with E-state index in [0.29, 0.717) is 6.54 Å². The lowest BCUT2D eigenvalue weighted by Gasteiger charge is -2.17. The average Bonchev–Trinajstić information content (AvgIpc) is 2.95. The van der Waals surface area contributed by atoms with E-state index in [9.17, 15) is 4.79 Å². The van der Waals surface area contributed by atoms with Crippen LogP contribution in [-0.4, -0.2) is 25.4 Å². The number of hydrogen-bond donors (Lipinski definition) is 1. The van der Waals surface area contributed by atoms with Gasteiger partial charge in [0, 0.05) is 24.5 Å². The Labute approximate surface area is 124 Å². The SMILES string of the molecule is Cc1cnc(CNC(=O)[C@@H](C)n2ccnc2C(C)C)cn1. The quantitative estimate of drug-likeness (QED) is 0.912. The summed E-state index contributed by atoms with van der Waals surface area (Å²) in [5.74, 6) is 1.13. The first kappa shape index (κ1) is 15.2. The van der Waals surface area contributed by atoms with Crippen LogP contribution in [-0.2, 0) is 11.3 Å². The number of rotatable bonds is 5. The zero-order valence-electron chi connectivity index (χ0n) is 12.9. The minimum Gasteiger partial charge on any atom is -0.349 e. The highest BCUT2D eigenvalue weighted by Gasteiger charge is 2.18. The van der Waals surface area contributed by atoms with E-state index in [0.717, 1.165) is 17.2 Å². The Kier molecular flexibility index (Phi) is 4.67. The number of carbonyl (C=O) groups excluding carboxylic acids is 1. The molecule has 1 amide bonds. The van der Waals surface area contributed by atoms with Gasteiger partial charge in [0.15, 0.2) is 0 Å². The first-order valence-corrected chi connectivity index (χ1v) is 7.07. The Morgan fingerprint density at radius 1 is 1.24 bits per heavy atom. The van der Waals surface area contributed by atoms with Crippen molar-refractivity contribution in [2.45, 2.75) is 46.2 Å². The number of hydrogen-bond acceptors (Lipinski definition) is 4. The zero-order chi connectivity index (χ0) is 15.4. The van der Waals surface area contributed by atoms with Crippen LogP contribution in [0.5, 0.6) is 0 Å². The Hall–Kier alpha value is -2.24. The summed E-state index contributed by atoms with van der Waals surface area (Å²) in [6.07, 6.45) is 6.94. The molecule has 0 saturated heterocycles. The van der Waals surface area contributed by atoms with Crippen LogP contribution in [0.1, 0.15) is 49.9 Å². The number of carbonyl (C=O) groups is 1. The van der Waals surface area contributed by atoms with Gasteiger partial charge in [-0.3, -0.25) is 14.8 Å². The molecule has 0 aliphatic heterocycles. The van der Waals surface area contributed by atoms with E-state index in [1.165, 1.54) is 0 Å². The second-order valence-corrected chi connectivity index (χ2v) is 5.39. The van der Waals surface area contributed by atoms with Crippen molar-refractivity contribution in [3.8, 4) is 0 Å². The number of nitrogens with zero attached hydrogens (tertiary/aromatic N) is 4. The summed E-state index contributed by atoms with van der Waals surface area (Å²) in [5, 5.41) is 2.88. The van der Waals surface area contributed by atoms with E-state index < -0.39 is 0 Å². The molecule has 0 aromatic carbocycles. The third kappa shape index (κ3) is 3.65. The number of amides is 1. The van der Waals surface area contributed by atoms with Gasteiger partial charge in [0.1, 0.15) is 11.9 Å². The predicted molar refractivity (Wildman–Crippen MR) is 79.6 cm³/mol. The van der Waals surface area contributed by atoms with Crippen molar-refractivity contribution >= 4 is 5.91 Å². The van der Waals surface area contributed by atoms with Crippen molar-refractivity contribution in [2.75, 3.05) is 0 Å². The maximum absolute atomic E-state index is 12.2. The standard InChI is InChI=1S/C15H21N5O/c1-10(2)14-16-5-6-20(14)12(4)15(21)19-9-13-8-17-11(3)7-18-13/h5-8,10,12H,9H2,1-4H3,(H,19,21)/t12-/m1/s1. The van der Waals surface area contributed by atoms with Gasteiger partial charge in [-0.25, -0.2) is 4.98 Å². The second kappa shape index (κ2) is 6.47. The summed E-state index contributed by atoms with van der Waals surface area (Å²) in [4.78, 5) is 24.9. The van der Waals surface area contributed by atoms with Gasteiger partial charge in [0.2, 0.25) is 5.91 Å². The molecule has 0 fully saturated rings. The molecule has 1 N–H and O–H groups in total. The molecule has 2 aromatic rings. The van der Waals surface area contributed by atoms with Crippen molar-refractivity contribution in [1.29, 1.82) is 0 Å². The Morgan fingerprint density at radius 2 is 2.00 bits per heavy atom. The van der Waals surface area contributed by atoms with Crippen LogP contribution in [0, 0.1) is 6.92 Å². The molecule has 2 heterocycles. The van der Waals surface area contributed by atoms with E-state index in [4.69, 9.17) is 0 Å². The molecular formula is C15H21N5O. The lowest BCUT2D eigenvalue weighted by Crippen LogP contribution is -2.31. The molecule has 6 nitrogen and oxygen atoms in total. The third-order valence-electron chi connectivity index (χ3n) is 3.29. The van der Waals surface area contributed by atoms with E-state index in [1.54, 1.807) is 18.6 Å². The molecule has 6 heteroatoms. The summed E-state index contributed by atoms with van der Waals surface area (Å²) in [5.41, 5.74) is 1.61. The van der Waals surface area contributed by atoms with Crippen molar-refractivity contribution in [3.05, 3.63) is 42.0 Å². The third-order valence-corrected chi connectivity index (χ3v) is 3.29. The van der Waals surface area contributed by atoms with E-state index >= 15 is 0 Å². The van der Waals surface area contributed by atoms with Gasteiger partial charge in [-0.05, 0) is 13.8 Å². The Morgan fingerprint density at radius 3 is 2.62 bits per heavy atom. The number of aryl methyl sites for hydroxylation is 1. The zero-order valence-corrected chi connectivity index (χ0v) is 12.9. The molecule has 112 valence electrons. The van der Waals surface area contributed by atoms with Gasteiger partial charge in [-0.15, -0.1) is 0 Å². The van der Waals surface area contributed by atoms with Crippen molar-refractivity contribution in [1.82, 2.24) is 24.8 Å². The van der Waals surface area contributed by atoms with E-state index in [1.807, 2.05) is 24.6 Å². The lowest BCUT2D eigenvalue weighted by molar-refractivity contribution is -0.124. The maximum atomic E-state index is 12.2. The highest BCUT2D eigenvalue weighted by atomic mass is 16.2.